The molecule has 3 aromatic rings. The van der Waals surface area contributed by atoms with Gasteiger partial charge in [-0.05, 0) is 31.9 Å². The second-order valence-electron chi connectivity index (χ2n) is 7.03. The summed E-state index contributed by atoms with van der Waals surface area (Å²) >= 11 is 1.46. The van der Waals surface area contributed by atoms with Crippen molar-refractivity contribution in [1.29, 1.82) is 0 Å². The fourth-order valence-electron chi connectivity index (χ4n) is 3.11. The standard InChI is InChI=1S/C20H24N6OS/c1-3-25-19(16-9-10-16)22-23-20(25)28-14-18(27)24(2)12-15-11-21-26(13-15)17-7-5-4-6-8-17/h4-8,11,13,16H,3,9-10,12,14H2,1-2H3. The van der Waals surface area contributed by atoms with E-state index in [1.165, 1.54) is 24.6 Å². The Kier molecular flexibility index (Phi) is 5.47. The summed E-state index contributed by atoms with van der Waals surface area (Å²) in [5.74, 6) is 2.04. The van der Waals surface area contributed by atoms with Crippen molar-refractivity contribution in [1.82, 2.24) is 29.4 Å². The molecule has 28 heavy (non-hydrogen) atoms. The van der Waals surface area contributed by atoms with E-state index in [0.717, 1.165) is 28.8 Å². The minimum absolute atomic E-state index is 0.0658. The van der Waals surface area contributed by atoms with Crippen LogP contribution in [0.3, 0.4) is 0 Å². The number of para-hydroxylation sites is 1. The molecule has 2 aromatic heterocycles. The average Bonchev–Trinajstić information content (AvgIpc) is 3.31. The molecule has 8 heteroatoms. The highest BCUT2D eigenvalue weighted by molar-refractivity contribution is 7.99. The summed E-state index contributed by atoms with van der Waals surface area (Å²) in [6, 6.07) is 9.94. The second-order valence-corrected chi connectivity index (χ2v) is 7.97. The Balaban J connectivity index is 1.33. The van der Waals surface area contributed by atoms with Gasteiger partial charge in [-0.25, -0.2) is 4.68 Å². The maximum atomic E-state index is 12.6. The van der Waals surface area contributed by atoms with Crippen LogP contribution >= 0.6 is 11.8 Å². The van der Waals surface area contributed by atoms with Crippen LogP contribution in [0.25, 0.3) is 5.69 Å². The van der Waals surface area contributed by atoms with Gasteiger partial charge in [0.25, 0.3) is 0 Å². The zero-order valence-corrected chi connectivity index (χ0v) is 17.0. The minimum atomic E-state index is 0.0658. The first kappa shape index (κ1) is 18.7. The van der Waals surface area contributed by atoms with Gasteiger partial charge in [-0.15, -0.1) is 10.2 Å². The molecular formula is C20H24N6OS. The molecule has 0 bridgehead atoms. The van der Waals surface area contributed by atoms with Crippen molar-refractivity contribution < 1.29 is 4.79 Å². The van der Waals surface area contributed by atoms with E-state index in [4.69, 9.17) is 0 Å². The van der Waals surface area contributed by atoms with Gasteiger partial charge in [-0.2, -0.15) is 5.10 Å². The molecule has 1 aliphatic carbocycles. The van der Waals surface area contributed by atoms with Crippen molar-refractivity contribution in [3.8, 4) is 5.69 Å². The lowest BCUT2D eigenvalue weighted by molar-refractivity contribution is -0.127. The molecule has 1 saturated carbocycles. The molecule has 0 aliphatic heterocycles. The monoisotopic (exact) mass is 396 g/mol. The van der Waals surface area contributed by atoms with Crippen molar-refractivity contribution in [3.05, 3.63) is 54.1 Å². The summed E-state index contributed by atoms with van der Waals surface area (Å²) in [7, 11) is 1.82. The van der Waals surface area contributed by atoms with E-state index in [0.29, 0.717) is 18.2 Å². The molecule has 7 nitrogen and oxygen atoms in total. The third kappa shape index (κ3) is 4.11. The van der Waals surface area contributed by atoms with Crippen LogP contribution in [0, 0.1) is 0 Å². The topological polar surface area (TPSA) is 68.8 Å². The van der Waals surface area contributed by atoms with Gasteiger partial charge in [0.2, 0.25) is 5.91 Å². The van der Waals surface area contributed by atoms with Crippen LogP contribution in [0.15, 0.2) is 47.9 Å². The average molecular weight is 397 g/mol. The van der Waals surface area contributed by atoms with Gasteiger partial charge in [-0.1, -0.05) is 30.0 Å². The van der Waals surface area contributed by atoms with Gasteiger partial charge in [0.05, 0.1) is 17.6 Å². The predicted octanol–water partition coefficient (Wildman–Crippen LogP) is 3.11. The van der Waals surface area contributed by atoms with Gasteiger partial charge >= 0.3 is 0 Å². The summed E-state index contributed by atoms with van der Waals surface area (Å²) in [6.45, 7) is 3.46. The molecule has 0 saturated heterocycles. The largest absolute Gasteiger partial charge is 0.341 e. The van der Waals surface area contributed by atoms with Crippen LogP contribution in [-0.2, 0) is 17.9 Å². The van der Waals surface area contributed by atoms with E-state index in [9.17, 15) is 4.79 Å². The van der Waals surface area contributed by atoms with Crippen molar-refractivity contribution >= 4 is 17.7 Å². The third-order valence-electron chi connectivity index (χ3n) is 4.83. The van der Waals surface area contributed by atoms with Crippen molar-refractivity contribution in [2.75, 3.05) is 12.8 Å². The zero-order chi connectivity index (χ0) is 19.5. The Hall–Kier alpha value is -2.61. The Morgan fingerprint density at radius 1 is 1.25 bits per heavy atom. The molecule has 0 atom stereocenters. The number of aromatic nitrogens is 5. The first-order chi connectivity index (χ1) is 13.7. The van der Waals surface area contributed by atoms with Gasteiger partial charge in [0, 0.05) is 37.8 Å². The number of hydrogen-bond acceptors (Lipinski definition) is 5. The van der Waals surface area contributed by atoms with Crippen LogP contribution in [0.1, 0.15) is 37.1 Å². The highest BCUT2D eigenvalue weighted by Gasteiger charge is 2.30. The molecular weight excluding hydrogens is 372 g/mol. The molecule has 1 fully saturated rings. The van der Waals surface area contributed by atoms with Crippen molar-refractivity contribution in [3.63, 3.8) is 0 Å². The summed E-state index contributed by atoms with van der Waals surface area (Å²) in [5.41, 5.74) is 2.00. The highest BCUT2D eigenvalue weighted by Crippen LogP contribution is 2.39. The molecule has 0 unspecified atom stereocenters. The number of nitrogens with zero attached hydrogens (tertiary/aromatic N) is 6. The number of amides is 1. The minimum Gasteiger partial charge on any atom is -0.341 e. The Morgan fingerprint density at radius 3 is 2.75 bits per heavy atom. The number of rotatable bonds is 8. The Bertz CT molecular complexity index is 947. The molecule has 0 spiro atoms. The van der Waals surface area contributed by atoms with Crippen LogP contribution in [0.4, 0.5) is 0 Å². The maximum absolute atomic E-state index is 12.6. The molecule has 1 amide bonds. The van der Waals surface area contributed by atoms with Crippen LogP contribution < -0.4 is 0 Å². The number of thioether (sulfide) groups is 1. The fraction of sp³-hybridized carbons (Fsp3) is 0.400. The van der Waals surface area contributed by atoms with Crippen molar-refractivity contribution in [2.45, 2.75) is 43.9 Å². The normalized spacial score (nSPS) is 13.6. The van der Waals surface area contributed by atoms with E-state index in [-0.39, 0.29) is 5.91 Å². The summed E-state index contributed by atoms with van der Waals surface area (Å²) in [5, 5.41) is 13.8. The fourth-order valence-corrected chi connectivity index (χ4v) is 4.06. The lowest BCUT2D eigenvalue weighted by Gasteiger charge is -2.16. The van der Waals surface area contributed by atoms with Crippen LogP contribution in [0.5, 0.6) is 0 Å². The predicted molar refractivity (Wildman–Crippen MR) is 108 cm³/mol. The number of hydrogen-bond donors (Lipinski definition) is 0. The summed E-state index contributed by atoms with van der Waals surface area (Å²) in [6.07, 6.45) is 6.16. The summed E-state index contributed by atoms with van der Waals surface area (Å²) in [4.78, 5) is 14.3. The van der Waals surface area contributed by atoms with Crippen molar-refractivity contribution in [2.24, 2.45) is 0 Å². The highest BCUT2D eigenvalue weighted by atomic mass is 32.2. The first-order valence-corrected chi connectivity index (χ1v) is 10.5. The molecule has 146 valence electrons. The lowest BCUT2D eigenvalue weighted by atomic mass is 10.3. The molecule has 0 N–H and O–H groups in total. The maximum Gasteiger partial charge on any atom is 0.233 e. The van der Waals surface area contributed by atoms with Crippen LogP contribution in [-0.4, -0.2) is 48.2 Å². The Labute approximate surface area is 168 Å². The quantitative estimate of drug-likeness (QED) is 0.547. The molecule has 2 heterocycles. The first-order valence-electron chi connectivity index (χ1n) is 9.54. The Morgan fingerprint density at radius 2 is 2.04 bits per heavy atom. The van der Waals surface area contributed by atoms with E-state index >= 15 is 0 Å². The van der Waals surface area contributed by atoms with Gasteiger partial charge < -0.3 is 9.47 Å². The van der Waals surface area contributed by atoms with Gasteiger partial charge in [0.15, 0.2) is 5.16 Å². The molecule has 1 aromatic carbocycles. The smallest absolute Gasteiger partial charge is 0.233 e. The zero-order valence-electron chi connectivity index (χ0n) is 16.2. The van der Waals surface area contributed by atoms with E-state index in [2.05, 4.69) is 26.8 Å². The SMILES string of the molecule is CCn1c(SCC(=O)N(C)Cc2cnn(-c3ccccc3)c2)nnc1C1CC1. The van der Waals surface area contributed by atoms with Gasteiger partial charge in [-0.3, -0.25) is 4.79 Å². The molecule has 0 radical (unpaired) electrons. The van der Waals surface area contributed by atoms with Gasteiger partial charge in [0.1, 0.15) is 5.82 Å². The number of benzene rings is 1. The van der Waals surface area contributed by atoms with E-state index in [1.807, 2.05) is 48.3 Å². The number of carbonyl (C=O) groups excluding carboxylic acids is 1. The molecule has 4 rings (SSSR count). The molecule has 1 aliphatic rings. The van der Waals surface area contributed by atoms with E-state index < -0.39 is 0 Å². The number of carbonyl (C=O) groups is 1. The third-order valence-corrected chi connectivity index (χ3v) is 5.78. The lowest BCUT2D eigenvalue weighted by Crippen LogP contribution is -2.27. The second kappa shape index (κ2) is 8.18. The van der Waals surface area contributed by atoms with Crippen LogP contribution in [0.2, 0.25) is 0 Å². The van der Waals surface area contributed by atoms with E-state index in [1.54, 1.807) is 11.1 Å². The summed E-state index contributed by atoms with van der Waals surface area (Å²) < 4.78 is 3.96.